The van der Waals surface area contributed by atoms with Gasteiger partial charge in [-0.1, -0.05) is 76.9 Å². The van der Waals surface area contributed by atoms with Gasteiger partial charge in [-0.25, -0.2) is 15.1 Å². The third kappa shape index (κ3) is 18.2. The zero-order valence-electron chi connectivity index (χ0n) is 15.5. The molecule has 0 aliphatic rings. The first kappa shape index (κ1) is 23.8. The van der Waals surface area contributed by atoms with E-state index in [0.29, 0.717) is 0 Å². The first-order valence-corrected chi connectivity index (χ1v) is 11.1. The van der Waals surface area contributed by atoms with Crippen molar-refractivity contribution in [3.63, 3.8) is 0 Å². The molecule has 0 radical (unpaired) electrons. The van der Waals surface area contributed by atoms with Crippen molar-refractivity contribution in [2.45, 2.75) is 96.8 Å². The van der Waals surface area contributed by atoms with Gasteiger partial charge < -0.3 is 4.89 Å². The summed E-state index contributed by atoms with van der Waals surface area (Å²) < 4.78 is 19.4. The number of phosphoric ester groups is 1. The van der Waals surface area contributed by atoms with Crippen LogP contribution < -0.4 is 5.90 Å². The number of allylic oxidation sites excluding steroid dienone is 2. The Balaban J connectivity index is 3.17. The Hall–Kier alpha value is -0.190. The molecule has 1 unspecified atom stereocenters. The second kappa shape index (κ2) is 17.6. The largest absolute Gasteiger partial charge is 0.488 e. The second-order valence-electron chi connectivity index (χ2n) is 6.35. The predicted molar refractivity (Wildman–Crippen MR) is 101 cm³/mol. The topological polar surface area (TPSA) is 81.8 Å². The van der Waals surface area contributed by atoms with Crippen molar-refractivity contribution in [2.75, 3.05) is 6.61 Å². The van der Waals surface area contributed by atoms with Crippen LogP contribution in [0.25, 0.3) is 0 Å². The van der Waals surface area contributed by atoms with E-state index in [2.05, 4.69) is 34.1 Å². The van der Waals surface area contributed by atoms with Gasteiger partial charge in [0, 0.05) is 0 Å². The van der Waals surface area contributed by atoms with Gasteiger partial charge in [-0.3, -0.25) is 4.52 Å². The van der Waals surface area contributed by atoms with Crippen molar-refractivity contribution in [1.82, 2.24) is 0 Å². The molecule has 0 spiro atoms. The predicted octanol–water partition coefficient (Wildman–Crippen LogP) is 6.03. The maximum atomic E-state index is 10.9. The van der Waals surface area contributed by atoms with Crippen LogP contribution >= 0.6 is 7.82 Å². The Morgan fingerprint density at radius 2 is 1.29 bits per heavy atom. The highest BCUT2D eigenvalue weighted by Crippen LogP contribution is 2.40. The van der Waals surface area contributed by atoms with Gasteiger partial charge in [0.2, 0.25) is 0 Å². The van der Waals surface area contributed by atoms with Crippen LogP contribution in [0.5, 0.6) is 0 Å². The Kier molecular flexibility index (Phi) is 17.5. The summed E-state index contributed by atoms with van der Waals surface area (Å²) in [6, 6.07) is 0. The third-order valence-corrected chi connectivity index (χ3v) is 4.82. The SMILES string of the molecule is CCCCCCCCC=CCCCCCCCCOP(=O)(O)ON. The van der Waals surface area contributed by atoms with Gasteiger partial charge in [0.25, 0.3) is 0 Å². The van der Waals surface area contributed by atoms with E-state index < -0.39 is 7.82 Å². The number of rotatable bonds is 18. The van der Waals surface area contributed by atoms with Crippen molar-refractivity contribution in [1.29, 1.82) is 0 Å². The van der Waals surface area contributed by atoms with E-state index in [1.54, 1.807) is 0 Å². The van der Waals surface area contributed by atoms with Crippen molar-refractivity contribution in [3.05, 3.63) is 12.2 Å². The molecule has 0 amide bonds. The number of hydrogen-bond donors (Lipinski definition) is 2. The number of phosphoric acid groups is 1. The quantitative estimate of drug-likeness (QED) is 0.134. The smallest absolute Gasteiger partial charge is 0.302 e. The van der Waals surface area contributed by atoms with E-state index in [1.807, 2.05) is 0 Å². The average Bonchev–Trinajstić information content (AvgIpc) is 2.57. The zero-order chi connectivity index (χ0) is 17.9. The van der Waals surface area contributed by atoms with Crippen LogP contribution in [0.15, 0.2) is 12.2 Å². The fourth-order valence-electron chi connectivity index (χ4n) is 2.56. The van der Waals surface area contributed by atoms with E-state index >= 15 is 0 Å². The van der Waals surface area contributed by atoms with Crippen LogP contribution in [0.3, 0.4) is 0 Å². The van der Waals surface area contributed by atoms with Crippen molar-refractivity contribution >= 4 is 7.82 Å². The summed E-state index contributed by atoms with van der Waals surface area (Å²) in [6.45, 7) is 2.47. The van der Waals surface area contributed by atoms with Gasteiger partial charge in [0.1, 0.15) is 0 Å². The van der Waals surface area contributed by atoms with Gasteiger partial charge in [-0.15, -0.1) is 0 Å². The maximum absolute atomic E-state index is 10.9. The standard InChI is InChI=1S/C18H38NO4P/c1-2-3-4-5-6-7-8-9-10-11-12-13-14-15-16-17-18-22-24(20,21)23-19/h9-10H,2-8,11-19H2,1H3,(H,20,21). The molecule has 0 aromatic carbocycles. The first-order valence-electron chi connectivity index (χ1n) is 9.63. The van der Waals surface area contributed by atoms with Gasteiger partial charge in [0.15, 0.2) is 0 Å². The average molecular weight is 363 g/mol. The summed E-state index contributed by atoms with van der Waals surface area (Å²) in [4.78, 5) is 8.93. The van der Waals surface area contributed by atoms with E-state index in [-0.39, 0.29) is 6.61 Å². The van der Waals surface area contributed by atoms with E-state index in [4.69, 9.17) is 4.89 Å². The molecular weight excluding hydrogens is 325 g/mol. The molecule has 144 valence electrons. The van der Waals surface area contributed by atoms with E-state index in [9.17, 15) is 4.57 Å². The Morgan fingerprint density at radius 1 is 0.833 bits per heavy atom. The van der Waals surface area contributed by atoms with E-state index in [0.717, 1.165) is 19.3 Å². The lowest BCUT2D eigenvalue weighted by atomic mass is 10.1. The first-order chi connectivity index (χ1) is 11.6. The van der Waals surface area contributed by atoms with Crippen molar-refractivity contribution in [2.24, 2.45) is 5.90 Å². The molecule has 3 N–H and O–H groups in total. The molecule has 0 aromatic rings. The minimum absolute atomic E-state index is 0.214. The molecule has 6 heteroatoms. The van der Waals surface area contributed by atoms with Gasteiger partial charge >= 0.3 is 7.82 Å². The fourth-order valence-corrected chi connectivity index (χ4v) is 2.98. The number of unbranched alkanes of at least 4 members (excludes halogenated alkanes) is 12. The summed E-state index contributed by atoms with van der Waals surface area (Å²) >= 11 is 0. The molecule has 0 bridgehead atoms. The molecule has 0 rings (SSSR count). The Bertz CT molecular complexity index is 337. The molecule has 0 fully saturated rings. The number of nitrogens with two attached hydrogens (primary N) is 1. The van der Waals surface area contributed by atoms with Crippen molar-refractivity contribution in [3.8, 4) is 0 Å². The third-order valence-electron chi connectivity index (χ3n) is 4.04. The van der Waals surface area contributed by atoms with Gasteiger partial charge in [-0.2, -0.15) is 0 Å². The lowest BCUT2D eigenvalue weighted by Gasteiger charge is -2.07. The summed E-state index contributed by atoms with van der Waals surface area (Å²) in [5.74, 6) is 4.63. The van der Waals surface area contributed by atoms with E-state index in [1.165, 1.54) is 70.6 Å². The van der Waals surface area contributed by atoms with Crippen LogP contribution in [0, 0.1) is 0 Å². The Morgan fingerprint density at radius 3 is 1.79 bits per heavy atom. The monoisotopic (exact) mass is 363 g/mol. The molecule has 0 saturated heterocycles. The molecule has 0 heterocycles. The minimum Gasteiger partial charge on any atom is -0.302 e. The summed E-state index contributed by atoms with van der Waals surface area (Å²) in [5, 5.41) is 0. The lowest BCUT2D eigenvalue weighted by Crippen LogP contribution is -2.01. The van der Waals surface area contributed by atoms with Crippen LogP contribution in [0.4, 0.5) is 0 Å². The molecule has 0 aliphatic heterocycles. The number of hydrogen-bond acceptors (Lipinski definition) is 4. The second-order valence-corrected chi connectivity index (χ2v) is 7.75. The normalized spacial score (nSPS) is 14.3. The van der Waals surface area contributed by atoms with Crippen LogP contribution in [0.2, 0.25) is 0 Å². The van der Waals surface area contributed by atoms with Gasteiger partial charge in [0.05, 0.1) is 6.61 Å². The van der Waals surface area contributed by atoms with Crippen molar-refractivity contribution < 1.29 is 18.6 Å². The molecule has 1 atom stereocenters. The lowest BCUT2D eigenvalue weighted by molar-refractivity contribution is 0.149. The van der Waals surface area contributed by atoms with Crippen LogP contribution in [-0.2, 0) is 13.7 Å². The van der Waals surface area contributed by atoms with Crippen LogP contribution in [-0.4, -0.2) is 11.5 Å². The minimum atomic E-state index is -3.99. The highest BCUT2D eigenvalue weighted by atomic mass is 31.2. The molecule has 24 heavy (non-hydrogen) atoms. The molecule has 5 nitrogen and oxygen atoms in total. The molecule has 0 aromatic heterocycles. The highest BCUT2D eigenvalue weighted by Gasteiger charge is 2.18. The summed E-state index contributed by atoms with van der Waals surface area (Å²) in [5.41, 5.74) is 0. The molecule has 0 saturated carbocycles. The highest BCUT2D eigenvalue weighted by molar-refractivity contribution is 7.47. The summed E-state index contributed by atoms with van der Waals surface area (Å²) in [6.07, 6.45) is 21.8. The summed E-state index contributed by atoms with van der Waals surface area (Å²) in [7, 11) is -3.99. The molecular formula is C18H38NO4P. The Labute approximate surface area is 148 Å². The zero-order valence-corrected chi connectivity index (χ0v) is 16.4. The molecule has 0 aliphatic carbocycles. The maximum Gasteiger partial charge on any atom is 0.488 e. The van der Waals surface area contributed by atoms with Crippen LogP contribution in [0.1, 0.15) is 96.8 Å². The fraction of sp³-hybridized carbons (Fsp3) is 0.889. The van der Waals surface area contributed by atoms with Gasteiger partial charge in [-0.05, 0) is 32.1 Å².